The van der Waals surface area contributed by atoms with Crippen molar-refractivity contribution in [1.82, 2.24) is 4.98 Å². The van der Waals surface area contributed by atoms with Crippen molar-refractivity contribution in [3.05, 3.63) is 33.3 Å². The van der Waals surface area contributed by atoms with E-state index in [0.717, 1.165) is 4.70 Å². The fraction of sp³-hybridized carbons (Fsp3) is 0.333. The summed E-state index contributed by atoms with van der Waals surface area (Å²) >= 11 is 1.35. The van der Waals surface area contributed by atoms with Gasteiger partial charge in [-0.1, -0.05) is 13.8 Å². The lowest BCUT2D eigenvalue weighted by Crippen LogP contribution is -2.10. The Morgan fingerprint density at radius 3 is 2.89 bits per heavy atom. The second-order valence-corrected chi connectivity index (χ2v) is 4.89. The van der Waals surface area contributed by atoms with Gasteiger partial charge in [-0.05, 0) is 12.1 Å². The van der Waals surface area contributed by atoms with Crippen LogP contribution in [0.5, 0.6) is 0 Å². The molecule has 1 atom stereocenters. The quantitative estimate of drug-likeness (QED) is 0.627. The Kier molecular flexibility index (Phi) is 3.38. The van der Waals surface area contributed by atoms with Crippen LogP contribution in [-0.2, 0) is 4.79 Å². The van der Waals surface area contributed by atoms with Crippen molar-refractivity contribution < 1.29 is 9.72 Å². The second kappa shape index (κ2) is 4.81. The Balaban J connectivity index is 2.66. The number of rotatable bonds is 4. The van der Waals surface area contributed by atoms with Crippen LogP contribution in [0.4, 0.5) is 5.69 Å². The van der Waals surface area contributed by atoms with Crippen LogP contribution >= 0.6 is 11.3 Å². The van der Waals surface area contributed by atoms with Gasteiger partial charge in [-0.3, -0.25) is 14.9 Å². The van der Waals surface area contributed by atoms with Gasteiger partial charge in [0.1, 0.15) is 5.78 Å². The van der Waals surface area contributed by atoms with Crippen LogP contribution in [0.25, 0.3) is 10.2 Å². The first-order valence-electron chi connectivity index (χ1n) is 5.59. The molecule has 0 saturated carbocycles. The zero-order valence-corrected chi connectivity index (χ0v) is 10.9. The highest BCUT2D eigenvalue weighted by Gasteiger charge is 2.26. The van der Waals surface area contributed by atoms with E-state index in [0.29, 0.717) is 17.5 Å². The molecule has 0 aliphatic carbocycles. The summed E-state index contributed by atoms with van der Waals surface area (Å²) in [6.45, 7) is 3.46. The van der Waals surface area contributed by atoms with E-state index in [4.69, 9.17) is 0 Å². The molecular formula is C12H12N2O3S. The summed E-state index contributed by atoms with van der Waals surface area (Å²) in [7, 11) is 0. The first-order valence-corrected chi connectivity index (χ1v) is 6.47. The molecule has 1 unspecified atom stereocenters. The molecule has 2 rings (SSSR count). The van der Waals surface area contributed by atoms with Gasteiger partial charge < -0.3 is 0 Å². The number of thiazole rings is 1. The van der Waals surface area contributed by atoms with Crippen LogP contribution in [0.2, 0.25) is 0 Å². The van der Waals surface area contributed by atoms with Crippen LogP contribution in [-0.4, -0.2) is 15.7 Å². The molecule has 0 spiro atoms. The average molecular weight is 264 g/mol. The van der Waals surface area contributed by atoms with Gasteiger partial charge in [-0.2, -0.15) is 0 Å². The van der Waals surface area contributed by atoms with Gasteiger partial charge >= 0.3 is 0 Å². The van der Waals surface area contributed by atoms with Gasteiger partial charge in [-0.15, -0.1) is 11.3 Å². The minimum absolute atomic E-state index is 0.00678. The summed E-state index contributed by atoms with van der Waals surface area (Å²) in [5.41, 5.74) is 2.36. The molecule has 1 aromatic heterocycles. The van der Waals surface area contributed by atoms with Gasteiger partial charge in [0.25, 0.3) is 5.69 Å². The molecule has 0 amide bonds. The molecule has 1 aromatic carbocycles. The van der Waals surface area contributed by atoms with Gasteiger partial charge in [0, 0.05) is 17.9 Å². The SMILES string of the molecule is CCC(=O)C(C)c1ccc2scnc2c1[N+](=O)[O-]. The number of nitrogens with zero attached hydrogens (tertiary/aromatic N) is 2. The first-order chi connectivity index (χ1) is 8.56. The summed E-state index contributed by atoms with van der Waals surface area (Å²) in [5, 5.41) is 11.2. The number of carbonyl (C=O) groups is 1. The summed E-state index contributed by atoms with van der Waals surface area (Å²) in [4.78, 5) is 26.5. The number of carbonyl (C=O) groups excluding carboxylic acids is 1. The topological polar surface area (TPSA) is 73.1 Å². The monoisotopic (exact) mass is 264 g/mol. The fourth-order valence-corrected chi connectivity index (χ4v) is 2.63. The summed E-state index contributed by atoms with van der Waals surface area (Å²) in [5.74, 6) is -0.478. The normalized spacial score (nSPS) is 12.6. The minimum atomic E-state index is -0.471. The van der Waals surface area contributed by atoms with E-state index in [1.165, 1.54) is 11.3 Å². The third-order valence-corrected chi connectivity index (χ3v) is 3.78. The Labute approximate surface area is 108 Å². The maximum atomic E-state index is 11.7. The van der Waals surface area contributed by atoms with Crippen LogP contribution in [0, 0.1) is 10.1 Å². The number of ketones is 1. The highest BCUT2D eigenvalue weighted by Crippen LogP contribution is 2.35. The lowest BCUT2D eigenvalue weighted by atomic mass is 9.93. The maximum Gasteiger partial charge on any atom is 0.300 e. The van der Waals surface area contributed by atoms with Gasteiger partial charge in [-0.25, -0.2) is 4.98 Å². The lowest BCUT2D eigenvalue weighted by Gasteiger charge is -2.10. The molecule has 6 heteroatoms. The number of aromatic nitrogens is 1. The van der Waals surface area contributed by atoms with Crippen LogP contribution in [0.15, 0.2) is 17.6 Å². The molecule has 0 fully saturated rings. The van der Waals surface area contributed by atoms with Crippen LogP contribution < -0.4 is 0 Å². The van der Waals surface area contributed by atoms with Crippen molar-refractivity contribution in [3.63, 3.8) is 0 Å². The van der Waals surface area contributed by atoms with Crippen molar-refractivity contribution in [1.29, 1.82) is 0 Å². The second-order valence-electron chi connectivity index (χ2n) is 4.00. The maximum absolute atomic E-state index is 11.7. The standard InChI is InChI=1S/C12H12N2O3S/c1-3-9(15)7(2)8-4-5-10-11(13-6-18-10)12(8)14(16)17/h4-7H,3H2,1-2H3. The molecule has 1 heterocycles. The summed E-state index contributed by atoms with van der Waals surface area (Å²) in [6, 6.07) is 3.45. The van der Waals surface area contributed by atoms with Crippen LogP contribution in [0.3, 0.4) is 0 Å². The van der Waals surface area contributed by atoms with Crippen molar-refractivity contribution in [3.8, 4) is 0 Å². The Morgan fingerprint density at radius 2 is 2.28 bits per heavy atom. The minimum Gasteiger partial charge on any atom is -0.299 e. The van der Waals surface area contributed by atoms with E-state index in [-0.39, 0.29) is 11.5 Å². The first kappa shape index (κ1) is 12.6. The average Bonchev–Trinajstić information content (AvgIpc) is 2.83. The van der Waals surface area contributed by atoms with Gasteiger partial charge in [0.15, 0.2) is 5.52 Å². The molecule has 0 bridgehead atoms. The van der Waals surface area contributed by atoms with E-state index < -0.39 is 10.8 Å². The molecule has 5 nitrogen and oxygen atoms in total. The molecule has 18 heavy (non-hydrogen) atoms. The highest BCUT2D eigenvalue weighted by molar-refractivity contribution is 7.16. The number of hydrogen-bond acceptors (Lipinski definition) is 5. The number of Topliss-reactive ketones (excluding diaryl/α,β-unsaturated/α-hetero) is 1. The number of hydrogen-bond donors (Lipinski definition) is 0. The molecule has 0 aliphatic rings. The molecule has 0 N–H and O–H groups in total. The molecule has 0 radical (unpaired) electrons. The third kappa shape index (κ3) is 1.99. The number of nitro benzene ring substituents is 1. The summed E-state index contributed by atoms with van der Waals surface area (Å²) < 4.78 is 0.765. The molecule has 0 aliphatic heterocycles. The Morgan fingerprint density at radius 1 is 1.56 bits per heavy atom. The van der Waals surface area contributed by atoms with E-state index in [1.807, 2.05) is 0 Å². The van der Waals surface area contributed by atoms with Gasteiger partial charge in [0.05, 0.1) is 15.1 Å². The molecule has 94 valence electrons. The van der Waals surface area contributed by atoms with Crippen molar-refractivity contribution in [2.45, 2.75) is 26.2 Å². The zero-order chi connectivity index (χ0) is 13.3. The van der Waals surface area contributed by atoms with Crippen molar-refractivity contribution in [2.24, 2.45) is 0 Å². The largest absolute Gasteiger partial charge is 0.300 e. The molecular weight excluding hydrogens is 252 g/mol. The number of fused-ring (bicyclic) bond motifs is 1. The van der Waals surface area contributed by atoms with E-state index in [9.17, 15) is 14.9 Å². The molecule has 0 saturated heterocycles. The highest BCUT2D eigenvalue weighted by atomic mass is 32.1. The van der Waals surface area contributed by atoms with Crippen LogP contribution in [0.1, 0.15) is 31.7 Å². The predicted octanol–water partition coefficient (Wildman–Crippen LogP) is 3.29. The van der Waals surface area contributed by atoms with Gasteiger partial charge in [0.2, 0.25) is 0 Å². The van der Waals surface area contributed by atoms with Crippen molar-refractivity contribution in [2.75, 3.05) is 0 Å². The smallest absolute Gasteiger partial charge is 0.299 e. The molecule has 2 aromatic rings. The zero-order valence-electron chi connectivity index (χ0n) is 10.0. The Hall–Kier alpha value is -1.82. The Bertz CT molecular complexity index is 621. The number of nitro groups is 1. The van der Waals surface area contributed by atoms with E-state index in [1.54, 1.807) is 31.5 Å². The third-order valence-electron chi connectivity index (χ3n) is 2.99. The number of benzene rings is 1. The summed E-state index contributed by atoms with van der Waals surface area (Å²) in [6.07, 6.45) is 0.368. The van der Waals surface area contributed by atoms with E-state index >= 15 is 0 Å². The van der Waals surface area contributed by atoms with Crippen molar-refractivity contribution >= 4 is 33.0 Å². The lowest BCUT2D eigenvalue weighted by molar-refractivity contribution is -0.384. The van der Waals surface area contributed by atoms with E-state index in [2.05, 4.69) is 4.98 Å². The fourth-order valence-electron chi connectivity index (χ4n) is 1.95. The predicted molar refractivity (Wildman–Crippen MR) is 70.0 cm³/mol.